The average Bonchev–Trinajstić information content (AvgIpc) is 3.21. The first-order chi connectivity index (χ1) is 16.4. The van der Waals surface area contributed by atoms with Gasteiger partial charge in [0.25, 0.3) is 0 Å². The number of thiophene rings is 1. The van der Waals surface area contributed by atoms with Crippen molar-refractivity contribution in [2.45, 2.75) is 51.0 Å². The molecule has 4 aromatic rings. The Morgan fingerprint density at radius 2 is 1.80 bits per heavy atom. The number of fused-ring (bicyclic) bond motifs is 1. The normalized spacial score (nSPS) is 14.3. The van der Waals surface area contributed by atoms with Gasteiger partial charge in [-0.15, -0.1) is 11.3 Å². The summed E-state index contributed by atoms with van der Waals surface area (Å²) in [7, 11) is -1.47. The van der Waals surface area contributed by atoms with Crippen LogP contribution in [-0.4, -0.2) is 19.0 Å². The summed E-state index contributed by atoms with van der Waals surface area (Å²) < 4.78 is 31.7. The lowest BCUT2D eigenvalue weighted by Crippen LogP contribution is -2.36. The number of nitrogens with zero attached hydrogens (tertiary/aromatic N) is 1. The third kappa shape index (κ3) is 5.49. The van der Waals surface area contributed by atoms with Gasteiger partial charge in [0.15, 0.2) is 0 Å². The van der Waals surface area contributed by atoms with Gasteiger partial charge in [0, 0.05) is 31.9 Å². The highest BCUT2D eigenvalue weighted by Crippen LogP contribution is 2.41. The van der Waals surface area contributed by atoms with E-state index in [2.05, 4.69) is 9.71 Å². The SMILES string of the molecule is CC(C)(O)c1ccnc(-c2cccc3cc(C(N[S@@](=O)C(C)(C)C)c4c(F)cccc4Cl)sc23)c1. The van der Waals surface area contributed by atoms with Crippen LogP contribution in [0, 0.1) is 5.82 Å². The third-order valence-electron chi connectivity index (χ3n) is 5.66. The van der Waals surface area contributed by atoms with E-state index in [0.29, 0.717) is 0 Å². The van der Waals surface area contributed by atoms with Gasteiger partial charge in [0.2, 0.25) is 0 Å². The van der Waals surface area contributed by atoms with Crippen molar-refractivity contribution in [3.63, 3.8) is 0 Å². The minimum Gasteiger partial charge on any atom is -0.386 e. The van der Waals surface area contributed by atoms with E-state index < -0.39 is 33.2 Å². The Morgan fingerprint density at radius 3 is 2.46 bits per heavy atom. The number of rotatable bonds is 6. The Kier molecular flexibility index (Phi) is 7.19. The maximum absolute atomic E-state index is 15.0. The molecule has 2 N–H and O–H groups in total. The lowest BCUT2D eigenvalue weighted by atomic mass is 9.97. The first kappa shape index (κ1) is 25.9. The van der Waals surface area contributed by atoms with Crippen molar-refractivity contribution in [1.29, 1.82) is 0 Å². The standard InChI is InChI=1S/C27H28ClFN2O2S2/c1-26(2,3)35(33)31-24(23-19(28)10-7-11-20(23)29)22-14-16-8-6-9-18(25(16)34-22)21-15-17(12-13-30-21)27(4,5)32/h6-15,24,31-32H,1-5H3/t24?,35-/m0/s1. The van der Waals surface area contributed by atoms with Gasteiger partial charge in [-0.05, 0) is 75.9 Å². The van der Waals surface area contributed by atoms with Crippen LogP contribution in [0.5, 0.6) is 0 Å². The van der Waals surface area contributed by atoms with Crippen LogP contribution in [0.3, 0.4) is 0 Å². The van der Waals surface area contributed by atoms with E-state index in [-0.39, 0.29) is 10.6 Å². The van der Waals surface area contributed by atoms with E-state index in [9.17, 15) is 9.32 Å². The summed E-state index contributed by atoms with van der Waals surface area (Å²) in [5, 5.41) is 11.7. The van der Waals surface area contributed by atoms with Crippen molar-refractivity contribution in [3.8, 4) is 11.3 Å². The summed E-state index contributed by atoms with van der Waals surface area (Å²) in [6, 6.07) is 15.4. The van der Waals surface area contributed by atoms with Crippen molar-refractivity contribution < 1.29 is 13.7 Å². The smallest absolute Gasteiger partial charge is 0.129 e. The maximum atomic E-state index is 15.0. The summed E-state index contributed by atoms with van der Waals surface area (Å²) >= 11 is 7.93. The second-order valence-electron chi connectivity index (χ2n) is 9.93. The number of hydrogen-bond donors (Lipinski definition) is 2. The molecule has 2 aromatic heterocycles. The van der Waals surface area contributed by atoms with Gasteiger partial charge >= 0.3 is 0 Å². The maximum Gasteiger partial charge on any atom is 0.129 e. The molecule has 0 saturated carbocycles. The lowest BCUT2D eigenvalue weighted by molar-refractivity contribution is 0.0785. The van der Waals surface area contributed by atoms with E-state index in [1.807, 2.05) is 51.1 Å². The van der Waals surface area contributed by atoms with Gasteiger partial charge < -0.3 is 5.11 Å². The summed E-state index contributed by atoms with van der Waals surface area (Å²) in [5.74, 6) is -0.460. The van der Waals surface area contributed by atoms with Crippen molar-refractivity contribution in [3.05, 3.63) is 87.6 Å². The molecule has 0 amide bonds. The molecule has 0 fully saturated rings. The molecular weight excluding hydrogens is 503 g/mol. The molecule has 0 aliphatic carbocycles. The largest absolute Gasteiger partial charge is 0.386 e. The van der Waals surface area contributed by atoms with E-state index in [4.69, 9.17) is 11.6 Å². The number of benzene rings is 2. The molecule has 4 nitrogen and oxygen atoms in total. The van der Waals surface area contributed by atoms with Crippen LogP contribution in [-0.2, 0) is 16.6 Å². The van der Waals surface area contributed by atoms with Crippen molar-refractivity contribution in [1.82, 2.24) is 9.71 Å². The molecule has 184 valence electrons. The number of pyridine rings is 1. The third-order valence-corrected chi connectivity index (χ3v) is 8.80. The molecule has 0 radical (unpaired) electrons. The summed E-state index contributed by atoms with van der Waals surface area (Å²) in [6.07, 6.45) is 1.69. The van der Waals surface area contributed by atoms with Gasteiger partial charge in [-0.3, -0.25) is 4.98 Å². The molecule has 4 rings (SSSR count). The number of halogens is 2. The number of hydrogen-bond acceptors (Lipinski definition) is 4. The van der Waals surface area contributed by atoms with Gasteiger partial charge in [0.1, 0.15) is 5.82 Å². The minimum absolute atomic E-state index is 0.266. The van der Waals surface area contributed by atoms with E-state index in [1.54, 1.807) is 38.2 Å². The predicted octanol–water partition coefficient (Wildman–Crippen LogP) is 7.12. The number of nitrogens with one attached hydrogen (secondary N) is 1. The van der Waals surface area contributed by atoms with Crippen molar-refractivity contribution >= 4 is 44.0 Å². The van der Waals surface area contributed by atoms with Crippen LogP contribution in [0.2, 0.25) is 5.02 Å². The summed E-state index contributed by atoms with van der Waals surface area (Å²) in [4.78, 5) is 5.33. The zero-order chi connectivity index (χ0) is 25.5. The Bertz CT molecular complexity index is 1390. The average molecular weight is 531 g/mol. The Labute approximate surface area is 216 Å². The molecule has 35 heavy (non-hydrogen) atoms. The van der Waals surface area contributed by atoms with Crippen LogP contribution < -0.4 is 4.72 Å². The van der Waals surface area contributed by atoms with Crippen LogP contribution in [0.15, 0.2) is 60.8 Å². The van der Waals surface area contributed by atoms with Gasteiger partial charge in [-0.2, -0.15) is 0 Å². The van der Waals surface area contributed by atoms with Gasteiger partial charge in [-0.1, -0.05) is 35.9 Å². The first-order valence-electron chi connectivity index (χ1n) is 11.2. The topological polar surface area (TPSA) is 62.2 Å². The number of aliphatic hydroxyl groups is 1. The highest BCUT2D eigenvalue weighted by Gasteiger charge is 2.29. The first-order valence-corrected chi connectivity index (χ1v) is 13.5. The van der Waals surface area contributed by atoms with Crippen molar-refractivity contribution in [2.24, 2.45) is 0 Å². The Balaban J connectivity index is 1.88. The highest BCUT2D eigenvalue weighted by atomic mass is 35.5. The highest BCUT2D eigenvalue weighted by molar-refractivity contribution is 7.84. The van der Waals surface area contributed by atoms with Crippen LogP contribution >= 0.6 is 22.9 Å². The Morgan fingerprint density at radius 1 is 1.09 bits per heavy atom. The van der Waals surface area contributed by atoms with E-state index >= 15 is 4.39 Å². The molecule has 2 aromatic carbocycles. The molecule has 0 saturated heterocycles. The molecule has 2 heterocycles. The molecule has 0 bridgehead atoms. The quantitative estimate of drug-likeness (QED) is 0.279. The molecule has 0 spiro atoms. The lowest BCUT2D eigenvalue weighted by Gasteiger charge is -2.25. The molecule has 8 heteroatoms. The second kappa shape index (κ2) is 9.71. The fourth-order valence-electron chi connectivity index (χ4n) is 3.71. The molecule has 2 atom stereocenters. The molecule has 0 aliphatic heterocycles. The number of aromatic nitrogens is 1. The molecule has 0 aliphatic rings. The fraction of sp³-hybridized carbons (Fsp3) is 0.296. The van der Waals surface area contributed by atoms with Crippen LogP contribution in [0.1, 0.15) is 56.7 Å². The van der Waals surface area contributed by atoms with Crippen LogP contribution in [0.4, 0.5) is 4.39 Å². The van der Waals surface area contributed by atoms with E-state index in [1.165, 1.54) is 17.4 Å². The second-order valence-corrected chi connectivity index (χ2v) is 13.4. The summed E-state index contributed by atoms with van der Waals surface area (Å²) in [5.41, 5.74) is 1.66. The predicted molar refractivity (Wildman–Crippen MR) is 145 cm³/mol. The van der Waals surface area contributed by atoms with E-state index in [0.717, 1.165) is 31.8 Å². The van der Waals surface area contributed by atoms with Crippen molar-refractivity contribution in [2.75, 3.05) is 0 Å². The zero-order valence-electron chi connectivity index (χ0n) is 20.2. The molecule has 1 unspecified atom stereocenters. The fourth-order valence-corrected chi connectivity index (χ4v) is 6.12. The molecular formula is C27H28ClFN2O2S2. The van der Waals surface area contributed by atoms with Gasteiger partial charge in [-0.25, -0.2) is 13.3 Å². The van der Waals surface area contributed by atoms with Crippen LogP contribution in [0.25, 0.3) is 21.3 Å². The van der Waals surface area contributed by atoms with Gasteiger partial charge in [0.05, 0.1) is 33.1 Å². The Hall–Kier alpha value is -2.16. The zero-order valence-corrected chi connectivity index (χ0v) is 22.6. The summed E-state index contributed by atoms with van der Waals surface area (Å²) in [6.45, 7) is 9.06. The monoisotopic (exact) mass is 530 g/mol. The minimum atomic E-state index is -1.47.